The van der Waals surface area contributed by atoms with E-state index in [-0.39, 0.29) is 6.04 Å². The molecule has 1 aliphatic rings. The van der Waals surface area contributed by atoms with Crippen LogP contribution in [-0.4, -0.2) is 36.2 Å². The van der Waals surface area contributed by atoms with Crippen LogP contribution in [0.1, 0.15) is 43.9 Å². The minimum absolute atomic E-state index is 0.184. The molecular formula is C16H25NO2. The van der Waals surface area contributed by atoms with Crippen LogP contribution in [0.15, 0.2) is 18.2 Å². The van der Waals surface area contributed by atoms with E-state index in [1.54, 1.807) is 7.11 Å². The summed E-state index contributed by atoms with van der Waals surface area (Å²) in [5, 5.41) is 10.6. The second kappa shape index (κ2) is 5.93. The summed E-state index contributed by atoms with van der Waals surface area (Å²) >= 11 is 0. The monoisotopic (exact) mass is 263 g/mol. The maximum Gasteiger partial charge on any atom is 0.119 e. The van der Waals surface area contributed by atoms with Gasteiger partial charge in [0.25, 0.3) is 0 Å². The van der Waals surface area contributed by atoms with Gasteiger partial charge in [-0.2, -0.15) is 0 Å². The Morgan fingerprint density at radius 1 is 1.47 bits per heavy atom. The van der Waals surface area contributed by atoms with Crippen molar-refractivity contribution in [3.8, 4) is 5.75 Å². The highest BCUT2D eigenvalue weighted by Gasteiger charge is 2.35. The first-order valence-corrected chi connectivity index (χ1v) is 7.15. The zero-order chi connectivity index (χ0) is 14.0. The largest absolute Gasteiger partial charge is 0.497 e. The Hall–Kier alpha value is -1.06. The number of methoxy groups -OCH3 is 1. The first-order valence-electron chi connectivity index (χ1n) is 7.15. The molecule has 3 unspecified atom stereocenters. The van der Waals surface area contributed by atoms with Crippen LogP contribution in [0.3, 0.4) is 0 Å². The normalized spacial score (nSPS) is 23.5. The summed E-state index contributed by atoms with van der Waals surface area (Å²) in [6.07, 6.45) is 2.86. The molecule has 0 fully saturated rings. The van der Waals surface area contributed by atoms with Crippen LogP contribution in [0.2, 0.25) is 0 Å². The lowest BCUT2D eigenvalue weighted by molar-refractivity contribution is 0.0533. The first kappa shape index (κ1) is 14.4. The van der Waals surface area contributed by atoms with Gasteiger partial charge in [-0.1, -0.05) is 19.4 Å². The van der Waals surface area contributed by atoms with E-state index in [2.05, 4.69) is 31.9 Å². The fourth-order valence-corrected chi connectivity index (χ4v) is 3.02. The fourth-order valence-electron chi connectivity index (χ4n) is 3.02. The van der Waals surface area contributed by atoms with Crippen LogP contribution in [0.4, 0.5) is 0 Å². The Morgan fingerprint density at radius 3 is 2.84 bits per heavy atom. The second-order valence-electron chi connectivity index (χ2n) is 5.58. The molecule has 2 rings (SSSR count). The molecule has 0 heterocycles. The van der Waals surface area contributed by atoms with Crippen LogP contribution in [0, 0.1) is 0 Å². The van der Waals surface area contributed by atoms with Gasteiger partial charge in [-0.05, 0) is 50.1 Å². The van der Waals surface area contributed by atoms with E-state index in [1.165, 1.54) is 18.4 Å². The molecule has 0 aromatic heterocycles. The van der Waals surface area contributed by atoms with Gasteiger partial charge in [0.2, 0.25) is 0 Å². The molecule has 1 N–H and O–H groups in total. The van der Waals surface area contributed by atoms with E-state index < -0.39 is 6.10 Å². The standard InChI is InChI=1S/C16H25NO2/c1-5-6-11(2)17(3)15-9-12-7-8-13(19-4)10-14(12)16(15)18/h7-8,10-11,15-16,18H,5-6,9H2,1-4H3. The highest BCUT2D eigenvalue weighted by atomic mass is 16.5. The maximum atomic E-state index is 10.6. The highest BCUT2D eigenvalue weighted by Crippen LogP contribution is 2.37. The van der Waals surface area contributed by atoms with E-state index in [1.807, 2.05) is 12.1 Å². The number of aliphatic hydroxyl groups excluding tert-OH is 1. The summed E-state index contributed by atoms with van der Waals surface area (Å²) in [7, 11) is 3.79. The molecule has 0 spiro atoms. The van der Waals surface area contributed by atoms with Gasteiger partial charge in [0.1, 0.15) is 5.75 Å². The Balaban J connectivity index is 2.16. The lowest BCUT2D eigenvalue weighted by Gasteiger charge is -2.32. The number of hydrogen-bond donors (Lipinski definition) is 1. The third-order valence-electron chi connectivity index (χ3n) is 4.39. The van der Waals surface area contributed by atoms with Gasteiger partial charge in [0.05, 0.1) is 13.2 Å². The molecule has 0 aliphatic heterocycles. The molecule has 1 aliphatic carbocycles. The topological polar surface area (TPSA) is 32.7 Å². The Morgan fingerprint density at radius 2 is 2.21 bits per heavy atom. The van der Waals surface area contributed by atoms with Crippen molar-refractivity contribution in [2.24, 2.45) is 0 Å². The summed E-state index contributed by atoms with van der Waals surface area (Å²) in [4.78, 5) is 2.32. The smallest absolute Gasteiger partial charge is 0.119 e. The Kier molecular flexibility index (Phi) is 4.48. The van der Waals surface area contributed by atoms with Crippen LogP contribution in [0.5, 0.6) is 5.75 Å². The van der Waals surface area contributed by atoms with Gasteiger partial charge < -0.3 is 9.84 Å². The number of fused-ring (bicyclic) bond motifs is 1. The minimum Gasteiger partial charge on any atom is -0.497 e. The fraction of sp³-hybridized carbons (Fsp3) is 0.625. The minimum atomic E-state index is -0.408. The van der Waals surface area contributed by atoms with E-state index in [4.69, 9.17) is 4.74 Å². The quantitative estimate of drug-likeness (QED) is 0.886. The number of nitrogens with zero attached hydrogens (tertiary/aromatic N) is 1. The molecule has 1 aromatic rings. The zero-order valence-corrected chi connectivity index (χ0v) is 12.4. The van der Waals surface area contributed by atoms with Crippen LogP contribution in [-0.2, 0) is 6.42 Å². The maximum absolute atomic E-state index is 10.6. The van der Waals surface area contributed by atoms with E-state index in [0.29, 0.717) is 6.04 Å². The average Bonchev–Trinajstić information content (AvgIpc) is 2.75. The number of rotatable bonds is 5. The first-order chi connectivity index (χ1) is 9.08. The predicted molar refractivity (Wildman–Crippen MR) is 77.6 cm³/mol. The van der Waals surface area contributed by atoms with Gasteiger partial charge >= 0.3 is 0 Å². The molecule has 106 valence electrons. The van der Waals surface area contributed by atoms with Crippen LogP contribution >= 0.6 is 0 Å². The SMILES string of the molecule is CCCC(C)N(C)C1Cc2ccc(OC)cc2C1O. The predicted octanol–water partition coefficient (Wildman–Crippen LogP) is 2.77. The molecule has 3 heteroatoms. The molecular weight excluding hydrogens is 238 g/mol. The summed E-state index contributed by atoms with van der Waals surface area (Å²) in [5.74, 6) is 0.822. The van der Waals surface area contributed by atoms with Crippen molar-refractivity contribution in [2.45, 2.75) is 51.3 Å². The van der Waals surface area contributed by atoms with Gasteiger partial charge in [0, 0.05) is 12.1 Å². The molecule has 3 atom stereocenters. The lowest BCUT2D eigenvalue weighted by Crippen LogP contribution is -2.41. The number of likely N-dealkylation sites (N-methyl/N-ethyl adjacent to an activating group) is 1. The van der Waals surface area contributed by atoms with E-state index in [0.717, 1.165) is 17.7 Å². The van der Waals surface area contributed by atoms with Crippen molar-refractivity contribution >= 4 is 0 Å². The second-order valence-corrected chi connectivity index (χ2v) is 5.58. The number of hydrogen-bond acceptors (Lipinski definition) is 3. The van der Waals surface area contributed by atoms with Crippen molar-refractivity contribution < 1.29 is 9.84 Å². The number of benzene rings is 1. The number of ether oxygens (including phenoxy) is 1. The van der Waals surface area contributed by atoms with E-state index >= 15 is 0 Å². The molecule has 1 aromatic carbocycles. The van der Waals surface area contributed by atoms with Crippen molar-refractivity contribution in [1.29, 1.82) is 0 Å². The van der Waals surface area contributed by atoms with Crippen LogP contribution < -0.4 is 4.74 Å². The van der Waals surface area contributed by atoms with Crippen LogP contribution in [0.25, 0.3) is 0 Å². The number of aliphatic hydroxyl groups is 1. The summed E-state index contributed by atoms with van der Waals surface area (Å²) in [6, 6.07) is 6.71. The Bertz CT molecular complexity index is 433. The van der Waals surface area contributed by atoms with Crippen molar-refractivity contribution in [3.63, 3.8) is 0 Å². The third kappa shape index (κ3) is 2.77. The van der Waals surface area contributed by atoms with Gasteiger partial charge in [-0.3, -0.25) is 4.90 Å². The molecule has 0 amide bonds. The summed E-state index contributed by atoms with van der Waals surface area (Å²) in [5.41, 5.74) is 2.27. The molecule has 0 saturated carbocycles. The zero-order valence-electron chi connectivity index (χ0n) is 12.4. The molecule has 0 bridgehead atoms. The summed E-state index contributed by atoms with van der Waals surface area (Å²) in [6.45, 7) is 4.44. The lowest BCUT2D eigenvalue weighted by atomic mass is 10.1. The van der Waals surface area contributed by atoms with Crippen molar-refractivity contribution in [2.75, 3.05) is 14.2 Å². The van der Waals surface area contributed by atoms with Gasteiger partial charge in [0.15, 0.2) is 0 Å². The molecule has 0 saturated heterocycles. The average molecular weight is 263 g/mol. The third-order valence-corrected chi connectivity index (χ3v) is 4.39. The molecule has 19 heavy (non-hydrogen) atoms. The van der Waals surface area contributed by atoms with Crippen molar-refractivity contribution in [3.05, 3.63) is 29.3 Å². The molecule has 0 radical (unpaired) electrons. The summed E-state index contributed by atoms with van der Waals surface area (Å²) < 4.78 is 5.24. The van der Waals surface area contributed by atoms with E-state index in [9.17, 15) is 5.11 Å². The van der Waals surface area contributed by atoms with Gasteiger partial charge in [-0.15, -0.1) is 0 Å². The van der Waals surface area contributed by atoms with Crippen molar-refractivity contribution in [1.82, 2.24) is 4.90 Å². The van der Waals surface area contributed by atoms with Gasteiger partial charge in [-0.25, -0.2) is 0 Å². The molecule has 3 nitrogen and oxygen atoms in total. The highest BCUT2D eigenvalue weighted by molar-refractivity contribution is 5.41. The Labute approximate surface area is 116 Å².